The zero-order valence-electron chi connectivity index (χ0n) is 12.2. The van der Waals surface area contributed by atoms with Gasteiger partial charge in [0.15, 0.2) is 0 Å². The van der Waals surface area contributed by atoms with Gasteiger partial charge in [-0.05, 0) is 29.8 Å². The van der Waals surface area contributed by atoms with E-state index >= 15 is 0 Å². The standard InChI is InChI=1S/C18H18N2O/c1-20(2)16-8-5-7-14(11-16)18(21)15-10-13-6-3-4-9-17(13)19-12-15/h3-12,18,21H,1-2H3. The van der Waals surface area contributed by atoms with E-state index in [0.29, 0.717) is 0 Å². The number of aliphatic hydroxyl groups excluding tert-OH is 1. The molecule has 0 radical (unpaired) electrons. The molecule has 0 fully saturated rings. The summed E-state index contributed by atoms with van der Waals surface area (Å²) in [6.45, 7) is 0. The number of rotatable bonds is 3. The van der Waals surface area contributed by atoms with Crippen molar-refractivity contribution in [2.45, 2.75) is 6.10 Å². The maximum absolute atomic E-state index is 10.6. The highest BCUT2D eigenvalue weighted by atomic mass is 16.3. The van der Waals surface area contributed by atoms with Crippen LogP contribution in [0, 0.1) is 0 Å². The predicted octanol–water partition coefficient (Wildman–Crippen LogP) is 3.38. The molecule has 21 heavy (non-hydrogen) atoms. The SMILES string of the molecule is CN(C)c1cccc(C(O)c2cnc3ccccc3c2)c1. The molecule has 0 bridgehead atoms. The molecule has 2 aromatic carbocycles. The molecule has 3 nitrogen and oxygen atoms in total. The third kappa shape index (κ3) is 2.73. The fourth-order valence-corrected chi connectivity index (χ4v) is 2.40. The highest BCUT2D eigenvalue weighted by molar-refractivity contribution is 5.78. The van der Waals surface area contributed by atoms with Crippen LogP contribution < -0.4 is 4.90 Å². The molecular weight excluding hydrogens is 260 g/mol. The van der Waals surface area contributed by atoms with Gasteiger partial charge in [-0.15, -0.1) is 0 Å². The summed E-state index contributed by atoms with van der Waals surface area (Å²) >= 11 is 0. The molecule has 0 aliphatic carbocycles. The molecule has 0 saturated heterocycles. The van der Waals surface area contributed by atoms with Crippen LogP contribution >= 0.6 is 0 Å². The van der Waals surface area contributed by atoms with Gasteiger partial charge >= 0.3 is 0 Å². The number of pyridine rings is 1. The quantitative estimate of drug-likeness (QED) is 0.798. The fourth-order valence-electron chi connectivity index (χ4n) is 2.40. The maximum atomic E-state index is 10.6. The van der Waals surface area contributed by atoms with Crippen molar-refractivity contribution in [2.75, 3.05) is 19.0 Å². The molecule has 3 heteroatoms. The highest BCUT2D eigenvalue weighted by Crippen LogP contribution is 2.26. The Hall–Kier alpha value is -2.39. The van der Waals surface area contributed by atoms with Crippen molar-refractivity contribution in [3.05, 3.63) is 71.9 Å². The Bertz CT molecular complexity index is 768. The third-order valence-electron chi connectivity index (χ3n) is 3.63. The molecule has 1 unspecified atom stereocenters. The minimum atomic E-state index is -0.665. The van der Waals surface area contributed by atoms with Gasteiger partial charge in [-0.2, -0.15) is 0 Å². The smallest absolute Gasteiger partial charge is 0.106 e. The van der Waals surface area contributed by atoms with Gasteiger partial charge in [-0.1, -0.05) is 30.3 Å². The summed E-state index contributed by atoms with van der Waals surface area (Å²) in [6, 6.07) is 17.8. The lowest BCUT2D eigenvalue weighted by atomic mass is 10.0. The molecule has 3 aromatic rings. The molecule has 0 aliphatic heterocycles. The van der Waals surface area contributed by atoms with Crippen LogP contribution in [0.4, 0.5) is 5.69 Å². The van der Waals surface area contributed by atoms with E-state index in [1.165, 1.54) is 0 Å². The van der Waals surface area contributed by atoms with E-state index in [0.717, 1.165) is 27.7 Å². The summed E-state index contributed by atoms with van der Waals surface area (Å²) in [5.41, 5.74) is 3.69. The number of fused-ring (bicyclic) bond motifs is 1. The molecule has 1 N–H and O–H groups in total. The number of hydrogen-bond donors (Lipinski definition) is 1. The number of benzene rings is 2. The van der Waals surface area contributed by atoms with Crippen LogP contribution in [-0.2, 0) is 0 Å². The molecule has 1 heterocycles. The van der Waals surface area contributed by atoms with Gasteiger partial charge in [0, 0.05) is 36.9 Å². The Kier molecular flexibility index (Phi) is 3.59. The maximum Gasteiger partial charge on any atom is 0.106 e. The number of hydrogen-bond acceptors (Lipinski definition) is 3. The molecular formula is C18H18N2O. The average Bonchev–Trinajstić information content (AvgIpc) is 2.53. The van der Waals surface area contributed by atoms with Crippen LogP contribution in [0.5, 0.6) is 0 Å². The number of aromatic nitrogens is 1. The van der Waals surface area contributed by atoms with Crippen LogP contribution in [-0.4, -0.2) is 24.2 Å². The van der Waals surface area contributed by atoms with E-state index in [9.17, 15) is 5.11 Å². The van der Waals surface area contributed by atoms with Gasteiger partial charge in [-0.25, -0.2) is 0 Å². The predicted molar refractivity (Wildman–Crippen MR) is 86.6 cm³/mol. The summed E-state index contributed by atoms with van der Waals surface area (Å²) in [7, 11) is 3.98. The molecule has 1 atom stereocenters. The summed E-state index contributed by atoms with van der Waals surface area (Å²) < 4.78 is 0. The van der Waals surface area contributed by atoms with Crippen molar-refractivity contribution in [3.8, 4) is 0 Å². The van der Waals surface area contributed by atoms with Crippen molar-refractivity contribution >= 4 is 16.6 Å². The molecule has 0 saturated carbocycles. The van der Waals surface area contributed by atoms with Gasteiger partial charge in [0.05, 0.1) is 5.52 Å². The number of anilines is 1. The molecule has 106 valence electrons. The topological polar surface area (TPSA) is 36.4 Å². The van der Waals surface area contributed by atoms with Gasteiger partial charge < -0.3 is 10.0 Å². The van der Waals surface area contributed by atoms with Gasteiger partial charge in [-0.3, -0.25) is 4.98 Å². The average molecular weight is 278 g/mol. The van der Waals surface area contributed by atoms with E-state index in [-0.39, 0.29) is 0 Å². The molecule has 0 aliphatic rings. The van der Waals surface area contributed by atoms with Crippen molar-refractivity contribution in [2.24, 2.45) is 0 Å². The zero-order chi connectivity index (χ0) is 14.8. The first-order valence-corrected chi connectivity index (χ1v) is 6.95. The van der Waals surface area contributed by atoms with Crippen LogP contribution in [0.3, 0.4) is 0 Å². The second kappa shape index (κ2) is 5.54. The van der Waals surface area contributed by atoms with Crippen molar-refractivity contribution in [1.82, 2.24) is 4.98 Å². The van der Waals surface area contributed by atoms with E-state index in [1.54, 1.807) is 6.20 Å². The number of aliphatic hydroxyl groups is 1. The largest absolute Gasteiger partial charge is 0.384 e. The summed E-state index contributed by atoms with van der Waals surface area (Å²) in [5, 5.41) is 11.6. The second-order valence-corrected chi connectivity index (χ2v) is 5.35. The first-order chi connectivity index (χ1) is 10.1. The third-order valence-corrected chi connectivity index (χ3v) is 3.63. The molecule has 1 aromatic heterocycles. The summed E-state index contributed by atoms with van der Waals surface area (Å²) in [6.07, 6.45) is 1.08. The molecule has 0 amide bonds. The minimum Gasteiger partial charge on any atom is -0.384 e. The Balaban J connectivity index is 1.99. The summed E-state index contributed by atoms with van der Waals surface area (Å²) in [5.74, 6) is 0. The Labute approximate surface area is 124 Å². The van der Waals surface area contributed by atoms with E-state index in [2.05, 4.69) is 4.98 Å². The lowest BCUT2D eigenvalue weighted by molar-refractivity contribution is 0.220. The Morgan fingerprint density at radius 3 is 2.57 bits per heavy atom. The van der Waals surface area contributed by atoms with Crippen molar-refractivity contribution in [1.29, 1.82) is 0 Å². The molecule has 0 spiro atoms. The van der Waals surface area contributed by atoms with Crippen LogP contribution in [0.1, 0.15) is 17.2 Å². The highest BCUT2D eigenvalue weighted by Gasteiger charge is 2.12. The number of nitrogens with zero attached hydrogens (tertiary/aromatic N) is 2. The van der Waals surface area contributed by atoms with E-state index in [4.69, 9.17) is 0 Å². The van der Waals surface area contributed by atoms with E-state index in [1.807, 2.05) is 73.6 Å². The normalized spacial score (nSPS) is 12.3. The van der Waals surface area contributed by atoms with Gasteiger partial charge in [0.1, 0.15) is 6.10 Å². The van der Waals surface area contributed by atoms with E-state index < -0.39 is 6.10 Å². The lowest BCUT2D eigenvalue weighted by Crippen LogP contribution is -2.09. The van der Waals surface area contributed by atoms with Crippen LogP contribution in [0.15, 0.2) is 60.8 Å². The van der Waals surface area contributed by atoms with Crippen molar-refractivity contribution in [3.63, 3.8) is 0 Å². The Morgan fingerprint density at radius 2 is 1.76 bits per heavy atom. The zero-order valence-corrected chi connectivity index (χ0v) is 12.2. The fraction of sp³-hybridized carbons (Fsp3) is 0.167. The van der Waals surface area contributed by atoms with Crippen molar-refractivity contribution < 1.29 is 5.11 Å². The Morgan fingerprint density at radius 1 is 0.952 bits per heavy atom. The van der Waals surface area contributed by atoms with Crippen LogP contribution in [0.25, 0.3) is 10.9 Å². The van der Waals surface area contributed by atoms with Gasteiger partial charge in [0.2, 0.25) is 0 Å². The summed E-state index contributed by atoms with van der Waals surface area (Å²) in [4.78, 5) is 6.44. The number of para-hydroxylation sites is 1. The van der Waals surface area contributed by atoms with Gasteiger partial charge in [0.25, 0.3) is 0 Å². The first-order valence-electron chi connectivity index (χ1n) is 6.95. The monoisotopic (exact) mass is 278 g/mol. The van der Waals surface area contributed by atoms with Crippen LogP contribution in [0.2, 0.25) is 0 Å². The lowest BCUT2D eigenvalue weighted by Gasteiger charge is -2.16. The second-order valence-electron chi connectivity index (χ2n) is 5.35. The minimum absolute atomic E-state index is 0.665. The first kappa shape index (κ1) is 13.6. The molecule has 3 rings (SSSR count).